The molecule has 308 valence electrons. The molecule has 2 heteroatoms. The summed E-state index contributed by atoms with van der Waals surface area (Å²) < 4.78 is 2.53. The minimum Gasteiger partial charge on any atom is -0.310 e. The van der Waals surface area contributed by atoms with E-state index in [1.54, 1.807) is 0 Å². The zero-order valence-corrected chi connectivity index (χ0v) is 36.1. The lowest BCUT2D eigenvalue weighted by Gasteiger charge is -2.26. The highest BCUT2D eigenvalue weighted by atomic mass is 15.1. The average molecular weight is 839 g/mol. The number of rotatable bonds is 7. The molecule has 0 unspecified atom stereocenters. The van der Waals surface area contributed by atoms with E-state index >= 15 is 0 Å². The molecule has 0 fully saturated rings. The van der Waals surface area contributed by atoms with Gasteiger partial charge in [0.05, 0.1) is 16.6 Å². The molecule has 0 radical (unpaired) electrons. The van der Waals surface area contributed by atoms with Gasteiger partial charge in [0.15, 0.2) is 0 Å². The summed E-state index contributed by atoms with van der Waals surface area (Å²) in [5.41, 5.74) is 16.6. The Morgan fingerprint density at radius 1 is 0.258 bits per heavy atom. The highest BCUT2D eigenvalue weighted by Crippen LogP contribution is 2.45. The Bertz CT molecular complexity index is 3960. The van der Waals surface area contributed by atoms with Gasteiger partial charge in [-0.25, -0.2) is 0 Å². The Morgan fingerprint density at radius 2 is 0.758 bits per heavy atom. The van der Waals surface area contributed by atoms with Crippen molar-refractivity contribution in [2.75, 3.05) is 4.90 Å². The third-order valence-electron chi connectivity index (χ3n) is 13.5. The van der Waals surface area contributed by atoms with Crippen LogP contribution in [0, 0.1) is 0 Å². The summed E-state index contributed by atoms with van der Waals surface area (Å²) in [5.74, 6) is 0. The van der Waals surface area contributed by atoms with Crippen LogP contribution < -0.4 is 4.90 Å². The molecule has 0 saturated carbocycles. The second-order valence-electron chi connectivity index (χ2n) is 17.3. The summed E-state index contributed by atoms with van der Waals surface area (Å²) >= 11 is 0. The maximum absolute atomic E-state index is 2.53. The Kier molecular flexibility index (Phi) is 8.89. The van der Waals surface area contributed by atoms with Gasteiger partial charge in [-0.3, -0.25) is 0 Å². The molecular weight excluding hydrogens is 797 g/mol. The second kappa shape index (κ2) is 15.5. The molecule has 0 saturated heterocycles. The van der Waals surface area contributed by atoms with Crippen molar-refractivity contribution in [2.45, 2.75) is 0 Å². The highest BCUT2D eigenvalue weighted by Gasteiger charge is 2.22. The van der Waals surface area contributed by atoms with E-state index in [0.29, 0.717) is 0 Å². The minimum atomic E-state index is 1.09. The van der Waals surface area contributed by atoms with Gasteiger partial charge in [-0.1, -0.05) is 206 Å². The topological polar surface area (TPSA) is 7.65 Å². The predicted octanol–water partition coefficient (Wildman–Crippen LogP) is 17.8. The van der Waals surface area contributed by atoms with E-state index in [1.807, 2.05) is 0 Å². The second-order valence-corrected chi connectivity index (χ2v) is 17.3. The van der Waals surface area contributed by atoms with Crippen molar-refractivity contribution in [2.24, 2.45) is 0 Å². The quantitative estimate of drug-likeness (QED) is 0.145. The van der Waals surface area contributed by atoms with Gasteiger partial charge < -0.3 is 9.30 Å². The Labute approximate surface area is 383 Å². The Balaban J connectivity index is 0.974. The van der Waals surface area contributed by atoms with E-state index in [-0.39, 0.29) is 0 Å². The standard InChI is InChI=1S/C64H42N2/c1-3-15-43(16-4-1)48-20-13-21-49(41-48)44-31-35-51(36-32-44)65(53-39-40-55-50(42-53)30-29-45-17-7-8-22-54(45)55)52-37-33-46(34-38-52)56-26-14-27-58-57-23-9-10-24-59(57)64-62(47-18-5-2-6-19-47)60-25-11-12-28-61(60)66(64)63(56)58/h1-42H. The summed E-state index contributed by atoms with van der Waals surface area (Å²) in [4.78, 5) is 2.39. The fourth-order valence-corrected chi connectivity index (χ4v) is 10.5. The largest absolute Gasteiger partial charge is 0.310 e. The van der Waals surface area contributed by atoms with Gasteiger partial charge in [-0.15, -0.1) is 0 Å². The molecule has 2 heterocycles. The Hall–Kier alpha value is -8.72. The van der Waals surface area contributed by atoms with Gasteiger partial charge in [-0.05, 0) is 109 Å². The van der Waals surface area contributed by atoms with Crippen molar-refractivity contribution in [1.82, 2.24) is 4.40 Å². The maximum atomic E-state index is 2.53. The van der Waals surface area contributed by atoms with Crippen molar-refractivity contribution in [3.8, 4) is 44.5 Å². The van der Waals surface area contributed by atoms with Crippen LogP contribution in [-0.2, 0) is 0 Å². The molecule has 0 bridgehead atoms. The molecule has 13 aromatic rings. The van der Waals surface area contributed by atoms with E-state index in [2.05, 4.69) is 264 Å². The van der Waals surface area contributed by atoms with Crippen LogP contribution in [0.1, 0.15) is 0 Å². The lowest BCUT2D eigenvalue weighted by atomic mass is 9.96. The van der Waals surface area contributed by atoms with E-state index < -0.39 is 0 Å². The van der Waals surface area contributed by atoms with E-state index in [4.69, 9.17) is 0 Å². The summed E-state index contributed by atoms with van der Waals surface area (Å²) in [7, 11) is 0. The average Bonchev–Trinajstić information content (AvgIpc) is 3.75. The number of benzene rings is 11. The first kappa shape index (κ1) is 37.8. The van der Waals surface area contributed by atoms with Crippen molar-refractivity contribution >= 4 is 76.7 Å². The number of pyridine rings is 1. The van der Waals surface area contributed by atoms with E-state index in [0.717, 1.165) is 17.1 Å². The summed E-state index contributed by atoms with van der Waals surface area (Å²) in [6, 6.07) is 93.2. The molecule has 0 atom stereocenters. The Morgan fingerprint density at radius 3 is 1.50 bits per heavy atom. The smallest absolute Gasteiger partial charge is 0.0626 e. The van der Waals surface area contributed by atoms with Gasteiger partial charge in [0.2, 0.25) is 0 Å². The van der Waals surface area contributed by atoms with Crippen LogP contribution in [0.5, 0.6) is 0 Å². The van der Waals surface area contributed by atoms with Crippen LogP contribution in [0.15, 0.2) is 255 Å². The van der Waals surface area contributed by atoms with E-state index in [1.165, 1.54) is 104 Å². The van der Waals surface area contributed by atoms with Gasteiger partial charge in [0.1, 0.15) is 0 Å². The van der Waals surface area contributed by atoms with E-state index in [9.17, 15) is 0 Å². The third-order valence-corrected chi connectivity index (χ3v) is 13.5. The van der Waals surface area contributed by atoms with Crippen LogP contribution in [0.2, 0.25) is 0 Å². The number of para-hydroxylation sites is 2. The normalized spacial score (nSPS) is 11.6. The van der Waals surface area contributed by atoms with Crippen LogP contribution in [-0.4, -0.2) is 4.40 Å². The molecule has 2 aromatic heterocycles. The first-order chi connectivity index (χ1) is 32.7. The SMILES string of the molecule is c1ccc(-c2cccc(-c3ccc(N(c4ccc(-c5cccc6c7ccccc7c7c(-c8ccccc8)c8ccccc8n7c56)cc4)c4ccc5c(ccc6ccccc65)c4)cc3)c2)cc1. The molecule has 66 heavy (non-hydrogen) atoms. The molecule has 0 aliphatic carbocycles. The predicted molar refractivity (Wildman–Crippen MR) is 281 cm³/mol. The van der Waals surface area contributed by atoms with Crippen LogP contribution in [0.25, 0.3) is 104 Å². The molecule has 2 nitrogen and oxygen atoms in total. The highest BCUT2D eigenvalue weighted by molar-refractivity contribution is 6.23. The molecule has 11 aromatic carbocycles. The molecule has 0 aliphatic heterocycles. The number of hydrogen-bond donors (Lipinski definition) is 0. The van der Waals surface area contributed by atoms with Gasteiger partial charge in [-0.2, -0.15) is 0 Å². The molecule has 13 rings (SSSR count). The van der Waals surface area contributed by atoms with Crippen molar-refractivity contribution in [3.63, 3.8) is 0 Å². The summed E-state index contributed by atoms with van der Waals surface area (Å²) in [6.45, 7) is 0. The zero-order chi connectivity index (χ0) is 43.6. The monoisotopic (exact) mass is 838 g/mol. The van der Waals surface area contributed by atoms with Gasteiger partial charge in [0.25, 0.3) is 0 Å². The lowest BCUT2D eigenvalue weighted by molar-refractivity contribution is 1.29. The summed E-state index contributed by atoms with van der Waals surface area (Å²) in [5, 5.41) is 9.97. The van der Waals surface area contributed by atoms with Crippen LogP contribution >= 0.6 is 0 Å². The van der Waals surface area contributed by atoms with Gasteiger partial charge >= 0.3 is 0 Å². The number of fused-ring (bicyclic) bond motifs is 11. The maximum Gasteiger partial charge on any atom is 0.0626 e. The molecule has 0 spiro atoms. The number of anilines is 3. The number of aromatic nitrogens is 1. The third kappa shape index (κ3) is 6.18. The lowest BCUT2D eigenvalue weighted by Crippen LogP contribution is -2.10. The van der Waals surface area contributed by atoms with Gasteiger partial charge in [0, 0.05) is 44.3 Å². The first-order valence-electron chi connectivity index (χ1n) is 22.8. The first-order valence-corrected chi connectivity index (χ1v) is 22.8. The molecule has 0 N–H and O–H groups in total. The minimum absolute atomic E-state index is 1.09. The van der Waals surface area contributed by atoms with Crippen molar-refractivity contribution in [3.05, 3.63) is 255 Å². The molecule has 0 amide bonds. The van der Waals surface area contributed by atoms with Crippen LogP contribution in [0.3, 0.4) is 0 Å². The molecular formula is C64H42N2. The zero-order valence-electron chi connectivity index (χ0n) is 36.1. The number of hydrogen-bond acceptors (Lipinski definition) is 1. The van der Waals surface area contributed by atoms with Crippen molar-refractivity contribution in [1.29, 1.82) is 0 Å². The van der Waals surface area contributed by atoms with Crippen molar-refractivity contribution < 1.29 is 0 Å². The number of nitrogens with zero attached hydrogens (tertiary/aromatic N) is 2. The summed E-state index contributed by atoms with van der Waals surface area (Å²) in [6.07, 6.45) is 0. The fourth-order valence-electron chi connectivity index (χ4n) is 10.5. The molecule has 0 aliphatic rings. The van der Waals surface area contributed by atoms with Crippen LogP contribution in [0.4, 0.5) is 17.1 Å². The fraction of sp³-hybridized carbons (Fsp3) is 0.